The minimum Gasteiger partial charge on any atom is -0.493 e. The standard InChI is InChI=1S/C32H50N4O7/c1-21(2)35(29(38)23-9-12-26(41-7)27(15-23)42-14-8-13-40-6)18-24-17-33-19-32(24)16-28(32)36(25-10-11-25)30(39)43-20-31(4,5)34-22(3)37/h9,12,15,21,24-25,28,33H,8,10-11,13-14,16-20H2,1-7H3,(H,34,37)/t24-,28?,32?/m0/s1. The molecule has 43 heavy (non-hydrogen) atoms. The first kappa shape index (κ1) is 32.9. The number of benzene rings is 1. The zero-order valence-electron chi connectivity index (χ0n) is 26.9. The van der Waals surface area contributed by atoms with Gasteiger partial charge in [-0.2, -0.15) is 0 Å². The first-order valence-corrected chi connectivity index (χ1v) is 15.5. The molecule has 3 atom stereocenters. The smallest absolute Gasteiger partial charge is 0.410 e. The molecule has 0 bridgehead atoms. The minimum atomic E-state index is -0.649. The molecule has 3 amide bonds. The van der Waals surface area contributed by atoms with Crippen LogP contribution in [0.5, 0.6) is 11.5 Å². The van der Waals surface area contributed by atoms with Crippen molar-refractivity contribution in [1.82, 2.24) is 20.4 Å². The summed E-state index contributed by atoms with van der Waals surface area (Å²) < 4.78 is 22.3. The van der Waals surface area contributed by atoms with Gasteiger partial charge < -0.3 is 39.4 Å². The second kappa shape index (κ2) is 13.7. The number of carbonyl (C=O) groups is 3. The van der Waals surface area contributed by atoms with Gasteiger partial charge in [0, 0.05) is 75.8 Å². The van der Waals surface area contributed by atoms with Gasteiger partial charge in [-0.05, 0) is 71.1 Å². The second-order valence-corrected chi connectivity index (χ2v) is 13.2. The normalized spacial score (nSPS) is 22.8. The number of nitrogens with one attached hydrogen (secondary N) is 2. The van der Waals surface area contributed by atoms with Gasteiger partial charge in [-0.15, -0.1) is 0 Å². The van der Waals surface area contributed by atoms with Crippen LogP contribution in [0.25, 0.3) is 0 Å². The van der Waals surface area contributed by atoms with Crippen molar-refractivity contribution in [3.63, 3.8) is 0 Å². The van der Waals surface area contributed by atoms with Crippen LogP contribution < -0.4 is 20.1 Å². The number of ether oxygens (including phenoxy) is 4. The van der Waals surface area contributed by atoms with Crippen LogP contribution in [0.2, 0.25) is 0 Å². The Balaban J connectivity index is 1.45. The molecule has 240 valence electrons. The summed E-state index contributed by atoms with van der Waals surface area (Å²) in [7, 11) is 3.24. The van der Waals surface area contributed by atoms with Gasteiger partial charge in [-0.3, -0.25) is 9.59 Å². The van der Waals surface area contributed by atoms with Crippen molar-refractivity contribution in [2.45, 2.75) is 84.0 Å². The Labute approximate surface area is 255 Å². The first-order valence-electron chi connectivity index (χ1n) is 15.5. The van der Waals surface area contributed by atoms with Crippen LogP contribution in [0.4, 0.5) is 4.79 Å². The molecule has 4 rings (SSSR count). The fraction of sp³-hybridized carbons (Fsp3) is 0.719. The van der Waals surface area contributed by atoms with Crippen molar-refractivity contribution in [3.05, 3.63) is 23.8 Å². The zero-order chi connectivity index (χ0) is 31.4. The third-order valence-corrected chi connectivity index (χ3v) is 8.75. The molecule has 0 aromatic heterocycles. The van der Waals surface area contributed by atoms with Gasteiger partial charge in [0.05, 0.1) is 19.3 Å². The van der Waals surface area contributed by atoms with E-state index in [0.29, 0.717) is 36.8 Å². The molecule has 3 fully saturated rings. The summed E-state index contributed by atoms with van der Waals surface area (Å²) in [4.78, 5) is 42.7. The third kappa shape index (κ3) is 7.92. The summed E-state index contributed by atoms with van der Waals surface area (Å²) in [6, 6.07) is 5.56. The molecule has 0 radical (unpaired) electrons. The maximum atomic E-state index is 13.9. The Morgan fingerprint density at radius 1 is 1.14 bits per heavy atom. The quantitative estimate of drug-likeness (QED) is 0.293. The van der Waals surface area contributed by atoms with E-state index in [2.05, 4.69) is 10.6 Å². The molecule has 1 spiro atoms. The molecule has 1 aromatic rings. The number of hydrogen-bond acceptors (Lipinski definition) is 8. The van der Waals surface area contributed by atoms with Crippen molar-refractivity contribution in [1.29, 1.82) is 0 Å². The number of hydrogen-bond donors (Lipinski definition) is 2. The van der Waals surface area contributed by atoms with E-state index in [4.69, 9.17) is 18.9 Å². The lowest BCUT2D eigenvalue weighted by Gasteiger charge is -2.34. The van der Waals surface area contributed by atoms with Gasteiger partial charge >= 0.3 is 6.09 Å². The van der Waals surface area contributed by atoms with Gasteiger partial charge in [0.15, 0.2) is 11.5 Å². The highest BCUT2D eigenvalue weighted by atomic mass is 16.6. The number of carbonyl (C=O) groups excluding carboxylic acids is 3. The summed E-state index contributed by atoms with van der Waals surface area (Å²) in [6.45, 7) is 12.5. The van der Waals surface area contributed by atoms with Crippen LogP contribution in [0.1, 0.15) is 70.7 Å². The van der Waals surface area contributed by atoms with Crippen LogP contribution in [-0.4, -0.2) is 105 Å². The molecule has 1 saturated heterocycles. The first-order chi connectivity index (χ1) is 20.4. The van der Waals surface area contributed by atoms with E-state index in [1.807, 2.05) is 37.5 Å². The van der Waals surface area contributed by atoms with Crippen LogP contribution in [0.3, 0.4) is 0 Å². The van der Waals surface area contributed by atoms with Gasteiger partial charge in [0.1, 0.15) is 6.61 Å². The van der Waals surface area contributed by atoms with E-state index in [1.165, 1.54) is 6.92 Å². The molecule has 1 heterocycles. The molecule has 3 aliphatic rings. The predicted molar refractivity (Wildman–Crippen MR) is 162 cm³/mol. The highest BCUT2D eigenvalue weighted by molar-refractivity contribution is 5.95. The van der Waals surface area contributed by atoms with E-state index in [1.54, 1.807) is 32.4 Å². The third-order valence-electron chi connectivity index (χ3n) is 8.75. The topological polar surface area (TPSA) is 119 Å². The number of rotatable bonds is 15. The van der Waals surface area contributed by atoms with E-state index < -0.39 is 5.54 Å². The summed E-state index contributed by atoms with van der Waals surface area (Å²) >= 11 is 0. The van der Waals surface area contributed by atoms with Gasteiger partial charge in [0.25, 0.3) is 5.91 Å². The summed E-state index contributed by atoms with van der Waals surface area (Å²) in [5.41, 5.74) is -0.199. The predicted octanol–water partition coefficient (Wildman–Crippen LogP) is 3.45. The molecule has 2 unspecified atom stereocenters. The SMILES string of the molecule is COCCCOc1cc(C(=O)N(C[C@@H]2CNCC23CC3N(C(=O)OCC(C)(C)NC(C)=O)C2CC2)C(C)C)ccc1OC. The Morgan fingerprint density at radius 2 is 1.88 bits per heavy atom. The molecule has 2 saturated carbocycles. The molecule has 1 aromatic carbocycles. The van der Waals surface area contributed by atoms with Crippen molar-refractivity contribution in [2.24, 2.45) is 11.3 Å². The summed E-state index contributed by atoms with van der Waals surface area (Å²) in [6.07, 6.45) is 3.23. The number of nitrogens with zero attached hydrogens (tertiary/aromatic N) is 2. The molecule has 1 aliphatic heterocycles. The fourth-order valence-electron chi connectivity index (χ4n) is 6.33. The number of methoxy groups -OCH3 is 2. The second-order valence-electron chi connectivity index (χ2n) is 13.2. The molecule has 2 N–H and O–H groups in total. The van der Waals surface area contributed by atoms with Gasteiger partial charge in [-0.25, -0.2) is 4.79 Å². The van der Waals surface area contributed by atoms with Crippen LogP contribution in [0.15, 0.2) is 18.2 Å². The lowest BCUT2D eigenvalue weighted by atomic mass is 9.90. The Morgan fingerprint density at radius 3 is 2.51 bits per heavy atom. The molecule has 2 aliphatic carbocycles. The van der Waals surface area contributed by atoms with Crippen molar-refractivity contribution >= 4 is 17.9 Å². The van der Waals surface area contributed by atoms with Crippen LogP contribution >= 0.6 is 0 Å². The van der Waals surface area contributed by atoms with Crippen molar-refractivity contribution in [2.75, 3.05) is 53.7 Å². The minimum absolute atomic E-state index is 0.0176. The largest absolute Gasteiger partial charge is 0.493 e. The van der Waals surface area contributed by atoms with Gasteiger partial charge in [-0.1, -0.05) is 0 Å². The fourth-order valence-corrected chi connectivity index (χ4v) is 6.33. The molecule has 11 heteroatoms. The molecule has 11 nitrogen and oxygen atoms in total. The van der Waals surface area contributed by atoms with Crippen molar-refractivity contribution in [3.8, 4) is 11.5 Å². The van der Waals surface area contributed by atoms with E-state index in [-0.39, 0.29) is 54.0 Å². The lowest BCUT2D eigenvalue weighted by molar-refractivity contribution is -0.121. The highest BCUT2D eigenvalue weighted by Gasteiger charge is 2.66. The maximum absolute atomic E-state index is 13.9. The average molecular weight is 603 g/mol. The molecular weight excluding hydrogens is 552 g/mol. The monoisotopic (exact) mass is 602 g/mol. The average Bonchev–Trinajstić information content (AvgIpc) is 3.86. The Bertz CT molecular complexity index is 1150. The maximum Gasteiger partial charge on any atom is 0.410 e. The summed E-state index contributed by atoms with van der Waals surface area (Å²) in [5.74, 6) is 1.09. The van der Waals surface area contributed by atoms with Crippen LogP contribution in [0, 0.1) is 11.3 Å². The Hall–Kier alpha value is -3.05. The van der Waals surface area contributed by atoms with Crippen molar-refractivity contribution < 1.29 is 33.3 Å². The summed E-state index contributed by atoms with van der Waals surface area (Å²) in [5, 5.41) is 6.39. The number of amides is 3. The van der Waals surface area contributed by atoms with E-state index in [9.17, 15) is 14.4 Å². The zero-order valence-corrected chi connectivity index (χ0v) is 26.9. The van der Waals surface area contributed by atoms with Gasteiger partial charge in [0.2, 0.25) is 5.91 Å². The molecular formula is C32H50N4O7. The van der Waals surface area contributed by atoms with Crippen LogP contribution in [-0.2, 0) is 14.3 Å². The highest BCUT2D eigenvalue weighted by Crippen LogP contribution is 2.59. The van der Waals surface area contributed by atoms with E-state index in [0.717, 1.165) is 38.8 Å². The van der Waals surface area contributed by atoms with E-state index >= 15 is 0 Å². The lowest BCUT2D eigenvalue weighted by Crippen LogP contribution is -2.48. The Kier molecular flexibility index (Phi) is 10.5.